The van der Waals surface area contributed by atoms with E-state index in [4.69, 9.17) is 5.73 Å². The van der Waals surface area contributed by atoms with E-state index >= 15 is 0 Å². The molecular formula is C14H18N4O. The second-order valence-corrected chi connectivity index (χ2v) is 4.47. The molecule has 0 saturated heterocycles. The van der Waals surface area contributed by atoms with Crippen LogP contribution in [0.1, 0.15) is 29.4 Å². The van der Waals surface area contributed by atoms with Crippen LogP contribution in [-0.4, -0.2) is 15.7 Å². The summed E-state index contributed by atoms with van der Waals surface area (Å²) in [6.45, 7) is 2.11. The lowest BCUT2D eigenvalue weighted by atomic mass is 10.1. The number of carbonyl (C=O) groups is 1. The van der Waals surface area contributed by atoms with Crippen LogP contribution >= 0.6 is 0 Å². The zero-order valence-corrected chi connectivity index (χ0v) is 11.2. The fourth-order valence-electron chi connectivity index (χ4n) is 1.99. The first-order valence-electron chi connectivity index (χ1n) is 6.30. The monoisotopic (exact) mass is 258 g/mol. The highest BCUT2D eigenvalue weighted by molar-refractivity contribution is 6.06. The molecule has 1 aromatic heterocycles. The Morgan fingerprint density at radius 1 is 1.42 bits per heavy atom. The van der Waals surface area contributed by atoms with Gasteiger partial charge in [0.05, 0.1) is 5.69 Å². The summed E-state index contributed by atoms with van der Waals surface area (Å²) in [5, 5.41) is 6.93. The molecule has 0 spiro atoms. The van der Waals surface area contributed by atoms with E-state index in [0.29, 0.717) is 5.69 Å². The lowest BCUT2D eigenvalue weighted by molar-refractivity contribution is 0.102. The van der Waals surface area contributed by atoms with E-state index in [2.05, 4.69) is 17.3 Å². The van der Waals surface area contributed by atoms with Gasteiger partial charge in [-0.1, -0.05) is 31.5 Å². The molecule has 0 fully saturated rings. The van der Waals surface area contributed by atoms with Crippen LogP contribution in [0.15, 0.2) is 30.5 Å². The summed E-state index contributed by atoms with van der Waals surface area (Å²) < 4.78 is 1.53. The van der Waals surface area contributed by atoms with E-state index in [1.807, 2.05) is 24.3 Å². The van der Waals surface area contributed by atoms with Gasteiger partial charge in [0.25, 0.3) is 5.91 Å². The Morgan fingerprint density at radius 3 is 2.79 bits per heavy atom. The van der Waals surface area contributed by atoms with Crippen LogP contribution in [0.2, 0.25) is 0 Å². The molecule has 0 aliphatic heterocycles. The van der Waals surface area contributed by atoms with E-state index in [1.165, 1.54) is 4.68 Å². The second kappa shape index (κ2) is 5.56. The first-order chi connectivity index (χ1) is 9.11. The van der Waals surface area contributed by atoms with Gasteiger partial charge in [0.15, 0.2) is 5.69 Å². The summed E-state index contributed by atoms with van der Waals surface area (Å²) in [6.07, 6.45) is 3.57. The molecule has 0 bridgehead atoms. The van der Waals surface area contributed by atoms with Gasteiger partial charge in [-0.15, -0.1) is 0 Å². The molecule has 2 rings (SSSR count). The molecule has 5 heteroatoms. The molecule has 0 aliphatic carbocycles. The fourth-order valence-corrected chi connectivity index (χ4v) is 1.99. The Labute approximate surface area is 112 Å². The van der Waals surface area contributed by atoms with Gasteiger partial charge in [-0.2, -0.15) is 5.10 Å². The first-order valence-corrected chi connectivity index (χ1v) is 6.30. The maximum Gasteiger partial charge on any atom is 0.278 e. The minimum atomic E-state index is -0.276. The van der Waals surface area contributed by atoms with Crippen molar-refractivity contribution in [3.8, 4) is 0 Å². The number of para-hydroxylation sites is 1. The molecule has 0 saturated carbocycles. The van der Waals surface area contributed by atoms with E-state index in [1.54, 1.807) is 13.2 Å². The lowest BCUT2D eigenvalue weighted by Crippen LogP contribution is -2.15. The maximum absolute atomic E-state index is 12.1. The molecular weight excluding hydrogens is 240 g/mol. The number of nitrogens with two attached hydrogens (primary N) is 1. The first kappa shape index (κ1) is 13.1. The third-order valence-electron chi connectivity index (χ3n) is 2.86. The largest absolute Gasteiger partial charge is 0.396 e. The zero-order valence-electron chi connectivity index (χ0n) is 11.2. The van der Waals surface area contributed by atoms with Gasteiger partial charge in [-0.25, -0.2) is 0 Å². The van der Waals surface area contributed by atoms with Gasteiger partial charge in [-0.3, -0.25) is 9.48 Å². The van der Waals surface area contributed by atoms with Crippen LogP contribution < -0.4 is 11.1 Å². The highest BCUT2D eigenvalue weighted by Gasteiger charge is 2.15. The topological polar surface area (TPSA) is 72.9 Å². The molecule has 0 atom stereocenters. The van der Waals surface area contributed by atoms with Crippen molar-refractivity contribution in [2.45, 2.75) is 19.8 Å². The average Bonchev–Trinajstić information content (AvgIpc) is 2.71. The van der Waals surface area contributed by atoms with Crippen molar-refractivity contribution in [2.24, 2.45) is 7.05 Å². The van der Waals surface area contributed by atoms with Crippen molar-refractivity contribution in [3.05, 3.63) is 41.7 Å². The van der Waals surface area contributed by atoms with Crippen molar-refractivity contribution in [1.29, 1.82) is 0 Å². The number of aryl methyl sites for hydroxylation is 2. The number of hydrogen-bond acceptors (Lipinski definition) is 3. The predicted octanol–water partition coefficient (Wildman–Crippen LogP) is 2.21. The number of anilines is 2. The SMILES string of the molecule is CCCc1ccccc1NC(=O)c1nn(C)cc1N. The molecule has 5 nitrogen and oxygen atoms in total. The fraction of sp³-hybridized carbons (Fsp3) is 0.286. The molecule has 0 aliphatic rings. The molecule has 19 heavy (non-hydrogen) atoms. The van der Waals surface area contributed by atoms with Gasteiger partial charge in [0, 0.05) is 18.9 Å². The molecule has 100 valence electrons. The van der Waals surface area contributed by atoms with Crippen LogP contribution in [0.3, 0.4) is 0 Å². The number of carbonyl (C=O) groups excluding carboxylic acids is 1. The number of rotatable bonds is 4. The number of nitrogen functional groups attached to an aromatic ring is 1. The molecule has 0 radical (unpaired) electrons. The van der Waals surface area contributed by atoms with Crippen LogP contribution in [0.5, 0.6) is 0 Å². The summed E-state index contributed by atoms with van der Waals surface area (Å²) in [4.78, 5) is 12.1. The van der Waals surface area contributed by atoms with Gasteiger partial charge in [0.1, 0.15) is 0 Å². The standard InChI is InChI=1S/C14H18N4O/c1-3-6-10-7-4-5-8-12(10)16-14(19)13-11(15)9-18(2)17-13/h4-5,7-9H,3,6,15H2,1-2H3,(H,16,19). The van der Waals surface area contributed by atoms with Crippen LogP contribution in [0.4, 0.5) is 11.4 Å². The lowest BCUT2D eigenvalue weighted by Gasteiger charge is -2.09. The van der Waals surface area contributed by atoms with Crippen LogP contribution in [0, 0.1) is 0 Å². The van der Waals surface area contributed by atoms with Crippen molar-refractivity contribution in [1.82, 2.24) is 9.78 Å². The van der Waals surface area contributed by atoms with Crippen molar-refractivity contribution in [2.75, 3.05) is 11.1 Å². The second-order valence-electron chi connectivity index (χ2n) is 4.47. The Balaban J connectivity index is 2.21. The van der Waals surface area contributed by atoms with E-state index < -0.39 is 0 Å². The third kappa shape index (κ3) is 2.93. The Hall–Kier alpha value is -2.30. The van der Waals surface area contributed by atoms with Crippen molar-refractivity contribution < 1.29 is 4.79 Å². The number of nitrogens with zero attached hydrogens (tertiary/aromatic N) is 2. The molecule has 3 N–H and O–H groups in total. The number of nitrogens with one attached hydrogen (secondary N) is 1. The van der Waals surface area contributed by atoms with Gasteiger partial charge < -0.3 is 11.1 Å². The Morgan fingerprint density at radius 2 is 2.16 bits per heavy atom. The van der Waals surface area contributed by atoms with Crippen LogP contribution in [-0.2, 0) is 13.5 Å². The average molecular weight is 258 g/mol. The molecule has 2 aromatic rings. The van der Waals surface area contributed by atoms with Crippen molar-refractivity contribution >= 4 is 17.3 Å². The minimum Gasteiger partial charge on any atom is -0.396 e. The minimum absolute atomic E-state index is 0.258. The highest BCUT2D eigenvalue weighted by Crippen LogP contribution is 2.18. The summed E-state index contributed by atoms with van der Waals surface area (Å²) in [6, 6.07) is 7.77. The number of benzene rings is 1. The molecule has 1 aromatic carbocycles. The van der Waals surface area contributed by atoms with Gasteiger partial charge >= 0.3 is 0 Å². The zero-order chi connectivity index (χ0) is 13.8. The summed E-state index contributed by atoms with van der Waals surface area (Å²) >= 11 is 0. The van der Waals surface area contributed by atoms with E-state index in [9.17, 15) is 4.79 Å². The number of hydrogen-bond donors (Lipinski definition) is 2. The quantitative estimate of drug-likeness (QED) is 0.883. The molecule has 0 unspecified atom stereocenters. The Bertz CT molecular complexity index is 589. The molecule has 1 amide bonds. The highest BCUT2D eigenvalue weighted by atomic mass is 16.2. The maximum atomic E-state index is 12.1. The molecule has 1 heterocycles. The summed E-state index contributed by atoms with van der Waals surface area (Å²) in [5.41, 5.74) is 8.33. The predicted molar refractivity (Wildman–Crippen MR) is 76.0 cm³/mol. The summed E-state index contributed by atoms with van der Waals surface area (Å²) in [7, 11) is 1.73. The van der Waals surface area contributed by atoms with E-state index in [0.717, 1.165) is 24.1 Å². The third-order valence-corrected chi connectivity index (χ3v) is 2.86. The van der Waals surface area contributed by atoms with Gasteiger partial charge in [0.2, 0.25) is 0 Å². The number of aromatic nitrogens is 2. The van der Waals surface area contributed by atoms with Crippen molar-refractivity contribution in [3.63, 3.8) is 0 Å². The smallest absolute Gasteiger partial charge is 0.278 e. The Kier molecular flexibility index (Phi) is 3.85. The van der Waals surface area contributed by atoms with Crippen LogP contribution in [0.25, 0.3) is 0 Å². The number of amides is 1. The summed E-state index contributed by atoms with van der Waals surface area (Å²) in [5.74, 6) is -0.276. The van der Waals surface area contributed by atoms with E-state index in [-0.39, 0.29) is 11.6 Å². The van der Waals surface area contributed by atoms with Gasteiger partial charge in [-0.05, 0) is 18.1 Å². The normalized spacial score (nSPS) is 10.4.